The molecule has 2 fully saturated rings. The number of amides is 1. The highest BCUT2D eigenvalue weighted by molar-refractivity contribution is 5.92. The monoisotopic (exact) mass is 304 g/mol. The summed E-state index contributed by atoms with van der Waals surface area (Å²) in [6.45, 7) is 10.4. The summed E-state index contributed by atoms with van der Waals surface area (Å²) in [6.07, 6.45) is 2.24. The fourth-order valence-electron chi connectivity index (χ4n) is 3.62. The van der Waals surface area contributed by atoms with Gasteiger partial charge in [-0.2, -0.15) is 5.10 Å². The average molecular weight is 304 g/mol. The van der Waals surface area contributed by atoms with Crippen molar-refractivity contribution in [3.8, 4) is 0 Å². The second-order valence-corrected chi connectivity index (χ2v) is 7.84. The molecule has 1 aromatic rings. The molecule has 22 heavy (non-hydrogen) atoms. The number of nitrogens with one attached hydrogen (secondary N) is 1. The predicted molar refractivity (Wildman–Crippen MR) is 86.9 cm³/mol. The molecule has 0 radical (unpaired) electrons. The van der Waals surface area contributed by atoms with Gasteiger partial charge in [-0.25, -0.2) is 0 Å². The first-order valence-corrected chi connectivity index (χ1v) is 8.41. The summed E-state index contributed by atoms with van der Waals surface area (Å²) in [5, 5.41) is 8.02. The molecule has 1 amide bonds. The van der Waals surface area contributed by atoms with Crippen LogP contribution in [0.3, 0.4) is 0 Å². The molecule has 0 saturated carbocycles. The van der Waals surface area contributed by atoms with Crippen LogP contribution < -0.4 is 5.32 Å². The van der Waals surface area contributed by atoms with Gasteiger partial charge in [0.05, 0.1) is 5.69 Å². The maximum absolute atomic E-state index is 12.9. The summed E-state index contributed by atoms with van der Waals surface area (Å²) in [5.41, 5.74) is 1.67. The van der Waals surface area contributed by atoms with Crippen LogP contribution in [0.1, 0.15) is 49.8 Å². The van der Waals surface area contributed by atoms with Crippen molar-refractivity contribution in [3.05, 3.63) is 17.5 Å². The van der Waals surface area contributed by atoms with Gasteiger partial charge in [0, 0.05) is 25.6 Å². The molecule has 5 nitrogen and oxygen atoms in total. The molecular formula is C17H28N4O. The second-order valence-electron chi connectivity index (χ2n) is 7.84. The first kappa shape index (κ1) is 15.5. The summed E-state index contributed by atoms with van der Waals surface area (Å²) < 4.78 is 1.75. The van der Waals surface area contributed by atoms with E-state index in [1.807, 2.05) is 18.0 Å². The van der Waals surface area contributed by atoms with E-state index < -0.39 is 0 Å². The molecule has 0 aromatic carbocycles. The van der Waals surface area contributed by atoms with Gasteiger partial charge in [-0.05, 0) is 43.8 Å². The van der Waals surface area contributed by atoms with Gasteiger partial charge in [0.2, 0.25) is 0 Å². The minimum Gasteiger partial charge on any atom is -0.337 e. The van der Waals surface area contributed by atoms with Gasteiger partial charge in [0.1, 0.15) is 5.69 Å². The number of aryl methyl sites for hydroxylation is 1. The van der Waals surface area contributed by atoms with Gasteiger partial charge in [-0.3, -0.25) is 9.48 Å². The fourth-order valence-corrected chi connectivity index (χ4v) is 3.62. The van der Waals surface area contributed by atoms with Crippen LogP contribution in [0.25, 0.3) is 0 Å². The zero-order valence-corrected chi connectivity index (χ0v) is 14.2. The van der Waals surface area contributed by atoms with E-state index in [2.05, 4.69) is 31.2 Å². The first-order valence-electron chi connectivity index (χ1n) is 8.41. The van der Waals surface area contributed by atoms with E-state index in [4.69, 9.17) is 0 Å². The Morgan fingerprint density at radius 2 is 1.82 bits per heavy atom. The van der Waals surface area contributed by atoms with Gasteiger partial charge in [-0.1, -0.05) is 20.8 Å². The third-order valence-corrected chi connectivity index (χ3v) is 5.17. The van der Waals surface area contributed by atoms with Crippen LogP contribution in [0.4, 0.5) is 0 Å². The Balaban J connectivity index is 1.75. The van der Waals surface area contributed by atoms with Gasteiger partial charge in [0.15, 0.2) is 0 Å². The van der Waals surface area contributed by atoms with E-state index >= 15 is 0 Å². The fraction of sp³-hybridized carbons (Fsp3) is 0.765. The Morgan fingerprint density at radius 3 is 2.32 bits per heavy atom. The number of carbonyl (C=O) groups is 1. The summed E-state index contributed by atoms with van der Waals surface area (Å²) in [5.74, 6) is 1.63. The lowest BCUT2D eigenvalue weighted by Gasteiger charge is -2.20. The van der Waals surface area contributed by atoms with Gasteiger partial charge < -0.3 is 10.2 Å². The summed E-state index contributed by atoms with van der Waals surface area (Å²) >= 11 is 0. The maximum atomic E-state index is 12.9. The molecule has 2 saturated heterocycles. The molecule has 3 heterocycles. The number of fused-ring (bicyclic) bond motifs is 1. The lowest BCUT2D eigenvalue weighted by molar-refractivity contribution is 0.0747. The van der Waals surface area contributed by atoms with Crippen molar-refractivity contribution in [1.82, 2.24) is 20.0 Å². The Labute approximate surface area is 133 Å². The van der Waals surface area contributed by atoms with E-state index in [1.54, 1.807) is 4.68 Å². The van der Waals surface area contributed by atoms with Crippen LogP contribution in [0.2, 0.25) is 0 Å². The zero-order valence-electron chi connectivity index (χ0n) is 14.2. The van der Waals surface area contributed by atoms with E-state index in [-0.39, 0.29) is 11.3 Å². The van der Waals surface area contributed by atoms with Gasteiger partial charge in [0.25, 0.3) is 5.91 Å². The van der Waals surface area contributed by atoms with Crippen molar-refractivity contribution in [3.63, 3.8) is 0 Å². The standard InChI is InChI=1S/C17H28N4O/c1-17(2,3)15-9-14(20(4)19-15)16(22)21-7-5-12-10-18-11-13(12)6-8-21/h9,12-13,18H,5-8,10-11H2,1-4H3/t12-,13+. The number of rotatable bonds is 1. The van der Waals surface area contributed by atoms with Crippen molar-refractivity contribution < 1.29 is 4.79 Å². The number of nitrogens with zero attached hydrogens (tertiary/aromatic N) is 3. The van der Waals surface area contributed by atoms with Crippen LogP contribution in [-0.2, 0) is 12.5 Å². The highest BCUT2D eigenvalue weighted by Crippen LogP contribution is 2.28. The molecule has 5 heteroatoms. The molecule has 2 atom stereocenters. The predicted octanol–water partition coefficient (Wildman–Crippen LogP) is 1.79. The van der Waals surface area contributed by atoms with Crippen LogP contribution in [-0.4, -0.2) is 46.8 Å². The van der Waals surface area contributed by atoms with Crippen LogP contribution in [0.15, 0.2) is 6.07 Å². The number of likely N-dealkylation sites (tertiary alicyclic amines) is 1. The number of aromatic nitrogens is 2. The smallest absolute Gasteiger partial charge is 0.272 e. The molecular weight excluding hydrogens is 276 g/mol. The lowest BCUT2D eigenvalue weighted by atomic mass is 9.92. The SMILES string of the molecule is Cn1nc(C(C)(C)C)cc1C(=O)N1CC[C@@H]2CNC[C@@H]2CC1. The lowest BCUT2D eigenvalue weighted by Crippen LogP contribution is -2.34. The molecule has 1 aromatic heterocycles. The van der Waals surface area contributed by atoms with E-state index in [9.17, 15) is 4.79 Å². The molecule has 0 spiro atoms. The zero-order chi connectivity index (χ0) is 15.9. The summed E-state index contributed by atoms with van der Waals surface area (Å²) in [7, 11) is 1.87. The molecule has 2 aliphatic heterocycles. The number of hydrogen-bond donors (Lipinski definition) is 1. The van der Waals surface area contributed by atoms with Crippen LogP contribution in [0.5, 0.6) is 0 Å². The maximum Gasteiger partial charge on any atom is 0.272 e. The van der Waals surface area contributed by atoms with Crippen molar-refractivity contribution in [2.75, 3.05) is 26.2 Å². The van der Waals surface area contributed by atoms with Gasteiger partial charge in [-0.15, -0.1) is 0 Å². The third-order valence-electron chi connectivity index (χ3n) is 5.17. The van der Waals surface area contributed by atoms with Crippen molar-refractivity contribution >= 4 is 5.91 Å². The Bertz CT molecular complexity index is 543. The Kier molecular flexibility index (Phi) is 4.02. The average Bonchev–Trinajstić information content (AvgIpc) is 3.00. The number of carbonyl (C=O) groups excluding carboxylic acids is 1. The molecule has 0 unspecified atom stereocenters. The van der Waals surface area contributed by atoms with E-state index in [0.29, 0.717) is 0 Å². The normalized spacial score (nSPS) is 25.9. The van der Waals surface area contributed by atoms with Crippen molar-refractivity contribution in [2.24, 2.45) is 18.9 Å². The molecule has 0 aliphatic carbocycles. The molecule has 0 bridgehead atoms. The Morgan fingerprint density at radius 1 is 1.23 bits per heavy atom. The van der Waals surface area contributed by atoms with Crippen LogP contribution >= 0.6 is 0 Å². The quantitative estimate of drug-likeness (QED) is 0.860. The minimum atomic E-state index is -0.0300. The topological polar surface area (TPSA) is 50.2 Å². The van der Waals surface area contributed by atoms with Crippen LogP contribution in [0, 0.1) is 11.8 Å². The molecule has 122 valence electrons. The molecule has 2 aliphatic rings. The van der Waals surface area contributed by atoms with Crippen molar-refractivity contribution in [2.45, 2.75) is 39.0 Å². The highest BCUT2D eigenvalue weighted by atomic mass is 16.2. The number of hydrogen-bond acceptors (Lipinski definition) is 3. The van der Waals surface area contributed by atoms with E-state index in [1.165, 1.54) is 0 Å². The Hall–Kier alpha value is -1.36. The first-order chi connectivity index (χ1) is 10.4. The molecule has 3 rings (SSSR count). The third kappa shape index (κ3) is 2.91. The summed E-state index contributed by atoms with van der Waals surface area (Å²) in [4.78, 5) is 14.9. The largest absolute Gasteiger partial charge is 0.337 e. The minimum absolute atomic E-state index is 0.0300. The second kappa shape index (κ2) is 5.69. The van der Waals surface area contributed by atoms with Gasteiger partial charge >= 0.3 is 0 Å². The summed E-state index contributed by atoms with van der Waals surface area (Å²) in [6, 6.07) is 1.97. The highest BCUT2D eigenvalue weighted by Gasteiger charge is 2.32. The van der Waals surface area contributed by atoms with Crippen molar-refractivity contribution in [1.29, 1.82) is 0 Å². The molecule has 1 N–H and O–H groups in total. The van der Waals surface area contributed by atoms with E-state index in [0.717, 1.165) is 62.2 Å².